The molecule has 1 saturated heterocycles. The normalized spacial score (nSPS) is 45.8. The van der Waals surface area contributed by atoms with Gasteiger partial charge in [0.1, 0.15) is 0 Å². The number of nitrogens with zero attached hydrogens (tertiary/aromatic N) is 1. The highest BCUT2D eigenvalue weighted by Gasteiger charge is 2.38. The van der Waals surface area contributed by atoms with E-state index < -0.39 is 0 Å². The first kappa shape index (κ1) is 7.56. The maximum absolute atomic E-state index is 3.47. The van der Waals surface area contributed by atoms with Crippen LogP contribution in [0.2, 0.25) is 0 Å². The zero-order valence-corrected chi connectivity index (χ0v) is 7.51. The molecule has 2 heteroatoms. The van der Waals surface area contributed by atoms with Gasteiger partial charge in [-0.15, -0.1) is 0 Å². The molecule has 0 aromatic heterocycles. The minimum Gasteiger partial charge on any atom is -0.312 e. The highest BCUT2D eigenvalue weighted by Crippen LogP contribution is 2.35. The van der Waals surface area contributed by atoms with Gasteiger partial charge in [-0.05, 0) is 19.3 Å². The zero-order chi connectivity index (χ0) is 7.84. The second-order valence-corrected chi connectivity index (χ2v) is 4.13. The third-order valence-corrected chi connectivity index (χ3v) is 2.94. The maximum Gasteiger partial charge on any atom is 0.0167 e. The highest BCUT2D eigenvalue weighted by atomic mass is 15.2. The summed E-state index contributed by atoms with van der Waals surface area (Å²) in [5, 5.41) is 3.47. The van der Waals surface area contributed by atoms with Crippen LogP contribution in [0.4, 0.5) is 0 Å². The molecular weight excluding hydrogens is 136 g/mol. The summed E-state index contributed by atoms with van der Waals surface area (Å²) in [4.78, 5) is 2.64. The Morgan fingerprint density at radius 2 is 2.09 bits per heavy atom. The lowest BCUT2D eigenvalue weighted by Gasteiger charge is -2.32. The molecule has 1 N–H and O–H groups in total. The Labute approximate surface area is 69.0 Å². The first-order valence-corrected chi connectivity index (χ1v) is 4.75. The van der Waals surface area contributed by atoms with Crippen molar-refractivity contribution in [1.29, 1.82) is 0 Å². The molecular formula is C9H18N2. The first-order chi connectivity index (χ1) is 5.27. The average molecular weight is 154 g/mol. The van der Waals surface area contributed by atoms with Crippen molar-refractivity contribution in [3.63, 3.8) is 0 Å². The van der Waals surface area contributed by atoms with Crippen molar-refractivity contribution in [3.8, 4) is 0 Å². The fraction of sp³-hybridized carbons (Fsp3) is 1.00. The molecule has 0 bridgehead atoms. The van der Waals surface area contributed by atoms with Gasteiger partial charge in [0.05, 0.1) is 0 Å². The Morgan fingerprint density at radius 3 is 2.64 bits per heavy atom. The van der Waals surface area contributed by atoms with Crippen LogP contribution in [-0.4, -0.2) is 36.6 Å². The predicted molar refractivity (Wildman–Crippen MR) is 46.6 cm³/mol. The molecule has 1 heterocycles. The van der Waals surface area contributed by atoms with Crippen LogP contribution in [0.5, 0.6) is 0 Å². The fourth-order valence-corrected chi connectivity index (χ4v) is 2.07. The lowest BCUT2D eigenvalue weighted by Crippen LogP contribution is -2.50. The number of nitrogens with one attached hydrogen (secondary N) is 1. The van der Waals surface area contributed by atoms with Gasteiger partial charge < -0.3 is 5.32 Å². The Bertz CT molecular complexity index is 146. The maximum atomic E-state index is 3.47. The Kier molecular flexibility index (Phi) is 1.90. The summed E-state index contributed by atoms with van der Waals surface area (Å²) in [6, 6.07) is 1.64. The largest absolute Gasteiger partial charge is 0.312 e. The van der Waals surface area contributed by atoms with Crippen LogP contribution in [0.15, 0.2) is 0 Å². The molecule has 0 spiro atoms. The van der Waals surface area contributed by atoms with Gasteiger partial charge in [-0.1, -0.05) is 6.92 Å². The van der Waals surface area contributed by atoms with E-state index in [2.05, 4.69) is 24.1 Å². The Balaban J connectivity index is 1.84. The molecule has 11 heavy (non-hydrogen) atoms. The molecule has 1 aliphatic carbocycles. The molecule has 2 fully saturated rings. The van der Waals surface area contributed by atoms with Crippen LogP contribution in [0.3, 0.4) is 0 Å². The van der Waals surface area contributed by atoms with Crippen molar-refractivity contribution < 1.29 is 0 Å². The summed E-state index contributed by atoms with van der Waals surface area (Å²) in [7, 11) is 0. The highest BCUT2D eigenvalue weighted by molar-refractivity contribution is 4.94. The van der Waals surface area contributed by atoms with Gasteiger partial charge in [-0.2, -0.15) is 0 Å². The van der Waals surface area contributed by atoms with Crippen LogP contribution in [0.1, 0.15) is 20.3 Å². The van der Waals surface area contributed by atoms with Crippen molar-refractivity contribution in [2.75, 3.05) is 19.6 Å². The van der Waals surface area contributed by atoms with Crippen molar-refractivity contribution in [3.05, 3.63) is 0 Å². The Morgan fingerprint density at radius 1 is 1.36 bits per heavy atom. The molecule has 0 aromatic carbocycles. The SMILES string of the molecule is CC1CN(C2CC2C)CCN1. The minimum absolute atomic E-state index is 0.705. The van der Waals surface area contributed by atoms with Crippen molar-refractivity contribution in [2.45, 2.75) is 32.4 Å². The van der Waals surface area contributed by atoms with Crippen LogP contribution in [0, 0.1) is 5.92 Å². The van der Waals surface area contributed by atoms with E-state index in [0.717, 1.165) is 12.0 Å². The third-order valence-electron chi connectivity index (χ3n) is 2.94. The molecule has 0 aromatic rings. The molecule has 0 radical (unpaired) electrons. The molecule has 3 unspecified atom stereocenters. The molecule has 3 atom stereocenters. The summed E-state index contributed by atoms with van der Waals surface area (Å²) in [6.45, 7) is 8.34. The van der Waals surface area contributed by atoms with Crippen LogP contribution >= 0.6 is 0 Å². The van der Waals surface area contributed by atoms with Gasteiger partial charge >= 0.3 is 0 Å². The van der Waals surface area contributed by atoms with Crippen molar-refractivity contribution >= 4 is 0 Å². The molecule has 1 saturated carbocycles. The van der Waals surface area contributed by atoms with E-state index in [-0.39, 0.29) is 0 Å². The standard InChI is InChI=1S/C9H18N2/c1-7-5-9(7)11-4-3-10-8(2)6-11/h7-10H,3-6H2,1-2H3. The summed E-state index contributed by atoms with van der Waals surface area (Å²) >= 11 is 0. The van der Waals surface area contributed by atoms with Gasteiger partial charge in [0.25, 0.3) is 0 Å². The smallest absolute Gasteiger partial charge is 0.0167 e. The van der Waals surface area contributed by atoms with E-state index in [1.165, 1.54) is 26.1 Å². The first-order valence-electron chi connectivity index (χ1n) is 4.75. The fourth-order valence-electron chi connectivity index (χ4n) is 2.07. The topological polar surface area (TPSA) is 15.3 Å². The number of piperazine rings is 1. The lowest BCUT2D eigenvalue weighted by atomic mass is 10.2. The molecule has 2 aliphatic rings. The summed E-state index contributed by atoms with van der Waals surface area (Å²) in [5.41, 5.74) is 0. The van der Waals surface area contributed by atoms with Crippen molar-refractivity contribution in [1.82, 2.24) is 10.2 Å². The number of rotatable bonds is 1. The van der Waals surface area contributed by atoms with E-state index in [9.17, 15) is 0 Å². The monoisotopic (exact) mass is 154 g/mol. The molecule has 1 aliphatic heterocycles. The van der Waals surface area contributed by atoms with Crippen LogP contribution < -0.4 is 5.32 Å². The quantitative estimate of drug-likeness (QED) is 0.598. The van der Waals surface area contributed by atoms with Crippen molar-refractivity contribution in [2.24, 2.45) is 5.92 Å². The summed E-state index contributed by atoms with van der Waals surface area (Å²) in [6.07, 6.45) is 1.44. The molecule has 2 rings (SSSR count). The van der Waals surface area contributed by atoms with Gasteiger partial charge in [0.15, 0.2) is 0 Å². The molecule has 0 amide bonds. The average Bonchev–Trinajstić information content (AvgIpc) is 2.67. The van der Waals surface area contributed by atoms with Crippen LogP contribution in [-0.2, 0) is 0 Å². The minimum atomic E-state index is 0.705. The van der Waals surface area contributed by atoms with Gasteiger partial charge in [0.2, 0.25) is 0 Å². The van der Waals surface area contributed by atoms with E-state index in [1.807, 2.05) is 0 Å². The van der Waals surface area contributed by atoms with E-state index in [0.29, 0.717) is 6.04 Å². The van der Waals surface area contributed by atoms with E-state index in [4.69, 9.17) is 0 Å². The zero-order valence-electron chi connectivity index (χ0n) is 7.51. The van der Waals surface area contributed by atoms with E-state index in [1.54, 1.807) is 0 Å². The third kappa shape index (κ3) is 1.57. The number of hydrogen-bond donors (Lipinski definition) is 1. The van der Waals surface area contributed by atoms with Gasteiger partial charge in [-0.3, -0.25) is 4.90 Å². The van der Waals surface area contributed by atoms with E-state index >= 15 is 0 Å². The summed E-state index contributed by atoms with van der Waals surface area (Å²) < 4.78 is 0. The molecule has 64 valence electrons. The lowest BCUT2D eigenvalue weighted by molar-refractivity contribution is 0.192. The predicted octanol–water partition coefficient (Wildman–Crippen LogP) is 0.688. The van der Waals surface area contributed by atoms with Gasteiger partial charge in [0, 0.05) is 31.7 Å². The van der Waals surface area contributed by atoms with Crippen LogP contribution in [0.25, 0.3) is 0 Å². The van der Waals surface area contributed by atoms with Gasteiger partial charge in [-0.25, -0.2) is 0 Å². The second-order valence-electron chi connectivity index (χ2n) is 4.13. The molecule has 2 nitrogen and oxygen atoms in total. The second kappa shape index (κ2) is 2.76. The Hall–Kier alpha value is -0.0800. The number of hydrogen-bond acceptors (Lipinski definition) is 2. The summed E-state index contributed by atoms with van der Waals surface area (Å²) in [5.74, 6) is 0.972.